The molecule has 4 rings (SSSR count). The van der Waals surface area contributed by atoms with Crippen LogP contribution in [-0.4, -0.2) is 230 Å². The highest BCUT2D eigenvalue weighted by Gasteiger charge is 2.43. The third-order valence-corrected chi connectivity index (χ3v) is 19.2. The minimum absolute atomic E-state index is 0.0398. The average Bonchev–Trinajstić information content (AvgIpc) is 1.71. The molecule has 1 saturated heterocycles. The molecule has 0 bridgehead atoms. The number of nitrogens with one attached hydrogen (secondary N) is 11. The quantitative estimate of drug-likeness (QED) is 0.0245. The number of aliphatic carboxylic acids is 2. The number of carbonyl (C=O) groups is 16. The zero-order chi connectivity index (χ0) is 85.6. The predicted octanol–water partition coefficient (Wildman–Crippen LogP) is -3.38. The van der Waals surface area contributed by atoms with E-state index in [-0.39, 0.29) is 101 Å². The van der Waals surface area contributed by atoms with E-state index in [1.165, 1.54) is 48.2 Å². The SMILES string of the molecule is CC[C@H](C)[C@H](NC(=O)[C@H](Cc1ccc(O)cc1)NC(=O)[C@H](C)N)C(=O)N1CCC[C@H]1C(=O)N[C@@H](CCCCN)C(=O)N[C@@H](CCC(=O)O)C(=O)N[C@@H](CCC(N)=O)C(=O)N[C@@H](CCCCN)C(=O)N[C@@H](Cc1ccc(O)cc1)C(=O)N[C@@H](CO)C(=O)N[C@@H](Cc1ccccc1)C(=O)N[C@@H](CC(C)C)C(=O)N[C@@H](CCC(N)=O)C(=O)O. The number of carboxylic acid groups (broad SMARTS) is 2. The molecule has 26 N–H and O–H groups in total. The van der Waals surface area contributed by atoms with E-state index in [9.17, 15) is 102 Å². The Morgan fingerprint density at radius 2 is 0.809 bits per heavy atom. The number of primary amides is 2. The van der Waals surface area contributed by atoms with Gasteiger partial charge in [0.1, 0.15) is 84.0 Å². The molecule has 0 unspecified atom stereocenters. The largest absolute Gasteiger partial charge is 0.508 e. The molecule has 0 aliphatic carbocycles. The van der Waals surface area contributed by atoms with Gasteiger partial charge in [0, 0.05) is 45.1 Å². The van der Waals surface area contributed by atoms with Crippen molar-refractivity contribution in [3.05, 3.63) is 95.6 Å². The molecule has 3 aromatic rings. The lowest BCUT2D eigenvalue weighted by molar-refractivity contribution is -0.143. The van der Waals surface area contributed by atoms with Crippen LogP contribution in [0.2, 0.25) is 0 Å². The molecule has 3 aromatic carbocycles. The van der Waals surface area contributed by atoms with Crippen molar-refractivity contribution in [2.75, 3.05) is 26.2 Å². The molecule has 38 heteroatoms. The Kier molecular flexibility index (Phi) is 41.1. The predicted molar refractivity (Wildman–Crippen MR) is 417 cm³/mol. The van der Waals surface area contributed by atoms with Crippen LogP contribution in [-0.2, 0) is 96.0 Å². The van der Waals surface area contributed by atoms with Crippen molar-refractivity contribution >= 4 is 94.6 Å². The van der Waals surface area contributed by atoms with Gasteiger partial charge in [-0.1, -0.05) is 88.7 Å². The second-order valence-corrected chi connectivity index (χ2v) is 29.1. The maximum atomic E-state index is 14.8. The molecular formula is C77H115N17O21. The smallest absolute Gasteiger partial charge is 0.326 e. The summed E-state index contributed by atoms with van der Waals surface area (Å²) in [5, 5.41) is 78.4. The number of likely N-dealkylation sites (tertiary alicyclic amines) is 1. The van der Waals surface area contributed by atoms with E-state index in [1.807, 2.05) is 0 Å². The summed E-state index contributed by atoms with van der Waals surface area (Å²) in [4.78, 5) is 221. The van der Waals surface area contributed by atoms with Crippen molar-refractivity contribution in [1.29, 1.82) is 0 Å². The van der Waals surface area contributed by atoms with Crippen LogP contribution in [0.4, 0.5) is 0 Å². The average molecular weight is 1610 g/mol. The van der Waals surface area contributed by atoms with Crippen molar-refractivity contribution in [2.24, 2.45) is 40.5 Å². The summed E-state index contributed by atoms with van der Waals surface area (Å²) in [6, 6.07) is -0.133. The number of hydrogen-bond acceptors (Lipinski definition) is 22. The maximum absolute atomic E-state index is 14.8. The van der Waals surface area contributed by atoms with Crippen LogP contribution in [0.3, 0.4) is 0 Å². The molecule has 38 nitrogen and oxygen atoms in total. The number of aliphatic hydroxyl groups excluding tert-OH is 1. The van der Waals surface area contributed by atoms with E-state index >= 15 is 0 Å². The van der Waals surface area contributed by atoms with Crippen LogP contribution in [0, 0.1) is 11.8 Å². The Bertz CT molecular complexity index is 3780. The zero-order valence-electron chi connectivity index (χ0n) is 65.5. The number of phenols is 2. The first kappa shape index (κ1) is 96.0. The monoisotopic (exact) mass is 1610 g/mol. The van der Waals surface area contributed by atoms with E-state index < -0.39 is 224 Å². The highest BCUT2D eigenvalue weighted by atomic mass is 16.4. The number of unbranched alkanes of at least 4 members (excludes halogenated alkanes) is 2. The van der Waals surface area contributed by atoms with Gasteiger partial charge in [0.2, 0.25) is 82.7 Å². The lowest BCUT2D eigenvalue weighted by Crippen LogP contribution is -2.61. The maximum Gasteiger partial charge on any atom is 0.326 e. The lowest BCUT2D eigenvalue weighted by atomic mass is 9.96. The third-order valence-electron chi connectivity index (χ3n) is 19.2. The van der Waals surface area contributed by atoms with Crippen molar-refractivity contribution < 1.29 is 102 Å². The molecule has 14 amide bonds. The van der Waals surface area contributed by atoms with Gasteiger partial charge in [0.15, 0.2) is 0 Å². The van der Waals surface area contributed by atoms with Crippen LogP contribution >= 0.6 is 0 Å². The molecule has 1 aliphatic heterocycles. The molecule has 1 heterocycles. The number of amides is 14. The Labute approximate surface area is 666 Å². The second kappa shape index (κ2) is 49.3. The molecule has 0 saturated carbocycles. The number of phenolic OH excluding ortho intramolecular Hbond substituents is 2. The fourth-order valence-electron chi connectivity index (χ4n) is 12.4. The number of carbonyl (C=O) groups excluding carboxylic acids is 14. The molecular weight excluding hydrogens is 1500 g/mol. The van der Waals surface area contributed by atoms with Crippen molar-refractivity contribution in [1.82, 2.24) is 63.4 Å². The number of rotatable bonds is 52. The van der Waals surface area contributed by atoms with Crippen molar-refractivity contribution in [2.45, 2.75) is 235 Å². The molecule has 0 radical (unpaired) electrons. The summed E-state index contributed by atoms with van der Waals surface area (Å²) < 4.78 is 0. The van der Waals surface area contributed by atoms with Crippen molar-refractivity contribution in [3.63, 3.8) is 0 Å². The van der Waals surface area contributed by atoms with Crippen LogP contribution in [0.5, 0.6) is 11.5 Å². The Balaban J connectivity index is 1.64. The van der Waals surface area contributed by atoms with Crippen LogP contribution in [0.15, 0.2) is 78.9 Å². The summed E-state index contributed by atoms with van der Waals surface area (Å²) in [5.41, 5.74) is 29.6. The standard InChI is InChI=1S/C77H115N17O21/c1-6-43(4)64(93-73(110)58(88-65(102)44(5)80)40-47-22-26-49(97)27-23-47)76(113)94-36-14-19-60(94)75(112)86-51(18-11-13-35-79)66(103)85-53(30-33-63(100)101)69(106)84-52(28-31-61(81)98)68(105)83-50(17-10-12-34-78)67(104)90-57(39-46-20-24-48(96)25-21-46)72(109)92-59(41-95)74(111)91-56(38-45-15-8-7-9-16-45)71(108)89-55(37-42(2)3)70(107)87-54(77(114)115)29-32-62(82)99/h7-9,15-16,20-27,42-44,50-60,64,95-97H,6,10-14,17-19,28-41,78-80H2,1-5H3,(H2,81,98)(H2,82,99)(H,83,105)(H,84,106)(H,85,103)(H,86,112)(H,87,107)(H,88,102)(H,89,108)(H,90,104)(H,91,111)(H,92,109)(H,93,110)(H,100,101)(H,114,115)/t43-,44-,50-,51-,52-,53-,54-,55-,56-,57-,58-,59-,60-,64-/m0/s1. The topological polar surface area (TPSA) is 640 Å². The number of aliphatic hydroxyl groups is 1. The van der Waals surface area contributed by atoms with Crippen molar-refractivity contribution in [3.8, 4) is 11.5 Å². The van der Waals surface area contributed by atoms with E-state index in [1.54, 1.807) is 70.2 Å². The zero-order valence-corrected chi connectivity index (χ0v) is 65.5. The van der Waals surface area contributed by atoms with Gasteiger partial charge < -0.3 is 118 Å². The fraction of sp³-hybridized carbons (Fsp3) is 0.558. The van der Waals surface area contributed by atoms with Gasteiger partial charge in [-0.05, 0) is 150 Å². The summed E-state index contributed by atoms with van der Waals surface area (Å²) in [6.45, 7) is 7.49. The van der Waals surface area contributed by atoms with E-state index in [4.69, 9.17) is 28.7 Å². The highest BCUT2D eigenvalue weighted by molar-refractivity contribution is 6.00. The minimum atomic E-state index is -1.89. The normalized spacial score (nSPS) is 15.9. The Hall–Kier alpha value is -11.4. The van der Waals surface area contributed by atoms with Crippen LogP contribution in [0.1, 0.15) is 154 Å². The number of nitrogens with two attached hydrogens (primary N) is 5. The van der Waals surface area contributed by atoms with E-state index in [0.29, 0.717) is 36.0 Å². The first-order valence-corrected chi connectivity index (χ1v) is 38.5. The summed E-state index contributed by atoms with van der Waals surface area (Å²) in [7, 11) is 0. The number of aromatic hydroxyl groups is 2. The number of nitrogens with zero attached hydrogens (tertiary/aromatic N) is 1. The fourth-order valence-corrected chi connectivity index (χ4v) is 12.4. The molecule has 0 aromatic heterocycles. The second-order valence-electron chi connectivity index (χ2n) is 29.1. The minimum Gasteiger partial charge on any atom is -0.508 e. The van der Waals surface area contributed by atoms with Gasteiger partial charge in [-0.3, -0.25) is 71.9 Å². The number of hydrogen-bond donors (Lipinski definition) is 21. The Morgan fingerprint density at radius 1 is 0.443 bits per heavy atom. The lowest BCUT2D eigenvalue weighted by Gasteiger charge is -2.33. The summed E-state index contributed by atoms with van der Waals surface area (Å²) in [5.74, 6) is -17.2. The van der Waals surface area contributed by atoms with Crippen LogP contribution < -0.4 is 87.2 Å². The van der Waals surface area contributed by atoms with E-state index in [0.717, 1.165) is 0 Å². The number of benzene rings is 3. The summed E-state index contributed by atoms with van der Waals surface area (Å²) in [6.07, 6.45) is -2.66. The van der Waals surface area contributed by atoms with Gasteiger partial charge in [-0.2, -0.15) is 0 Å². The first-order valence-electron chi connectivity index (χ1n) is 38.5. The van der Waals surface area contributed by atoms with Gasteiger partial charge >= 0.3 is 11.9 Å². The summed E-state index contributed by atoms with van der Waals surface area (Å²) >= 11 is 0. The van der Waals surface area contributed by atoms with Gasteiger partial charge in [-0.15, -0.1) is 0 Å². The molecule has 115 heavy (non-hydrogen) atoms. The van der Waals surface area contributed by atoms with Gasteiger partial charge in [0.05, 0.1) is 12.6 Å². The van der Waals surface area contributed by atoms with Crippen LogP contribution in [0.25, 0.3) is 0 Å². The highest BCUT2D eigenvalue weighted by Crippen LogP contribution is 2.24. The molecule has 1 fully saturated rings. The van der Waals surface area contributed by atoms with Gasteiger partial charge in [-0.25, -0.2) is 4.79 Å². The molecule has 0 spiro atoms. The first-order chi connectivity index (χ1) is 54.5. The van der Waals surface area contributed by atoms with E-state index in [2.05, 4.69) is 58.5 Å². The van der Waals surface area contributed by atoms with Gasteiger partial charge in [0.25, 0.3) is 0 Å². The molecule has 14 atom stereocenters. The molecule has 1 aliphatic rings. The Morgan fingerprint density at radius 3 is 1.23 bits per heavy atom. The third kappa shape index (κ3) is 33.7. The molecule has 634 valence electrons. The number of carboxylic acids is 2.